The Hall–Kier alpha value is 0.0700. The van der Waals surface area contributed by atoms with Gasteiger partial charge in [0.25, 0.3) is 5.91 Å². The number of hydrogen-bond acceptors (Lipinski definition) is 5. The molecule has 1 aromatic rings. The van der Waals surface area contributed by atoms with Crippen LogP contribution in [-0.2, 0) is 0 Å². The topological polar surface area (TPSA) is 133 Å². The fourth-order valence-corrected chi connectivity index (χ4v) is 5.55. The fraction of sp³-hybridized carbons (Fsp3) is 0.273. The van der Waals surface area contributed by atoms with Crippen molar-refractivity contribution in [3.8, 4) is 0 Å². The fourth-order valence-electron chi connectivity index (χ4n) is 1.43. The molecule has 0 fully saturated rings. The lowest BCUT2D eigenvalue weighted by atomic mass is 10.1. The third kappa shape index (κ3) is 4.29. The molecule has 0 aliphatic carbocycles. The number of carboxylic acids is 1. The summed E-state index contributed by atoms with van der Waals surface area (Å²) in [6.45, 7) is -0.626. The molecule has 0 heterocycles. The zero-order valence-electron chi connectivity index (χ0n) is 10.4. The molecule has 10 heteroatoms. The number of rotatable bonds is 5. The van der Waals surface area contributed by atoms with Gasteiger partial charge >= 0.3 is 5.97 Å². The van der Waals surface area contributed by atoms with Crippen LogP contribution < -0.4 is 11.1 Å². The number of hydrogen-bond donors (Lipinski definition) is 5. The minimum atomic E-state index is -1.17. The van der Waals surface area contributed by atoms with Crippen LogP contribution in [0.2, 0.25) is 0 Å². The molecule has 0 bridgehead atoms. The second-order valence-electron chi connectivity index (χ2n) is 3.96. The molecule has 0 aliphatic rings. The highest BCUT2D eigenvalue weighted by Gasteiger charge is 2.26. The molecule has 0 radical (unpaired) electrons. The Balaban J connectivity index is 3.30. The van der Waals surface area contributed by atoms with Crippen LogP contribution in [0.25, 0.3) is 0 Å². The molecule has 7 nitrogen and oxygen atoms in total. The summed E-state index contributed by atoms with van der Waals surface area (Å²) in [5, 5.41) is 29.7. The predicted octanol–water partition coefficient (Wildman–Crippen LogP) is 0.864. The standard InChI is InChI=1S/C11H11I3N2O5/c12-6-4(10(19)16-1-3(18)2-17)7(13)9(15)8(14)5(6)11(20)21/h3,17-18H,1-2,15H2,(H,16,19)(H,20,21). The van der Waals surface area contributed by atoms with Crippen LogP contribution in [-0.4, -0.2) is 46.5 Å². The molecule has 0 spiro atoms. The zero-order valence-corrected chi connectivity index (χ0v) is 16.8. The Kier molecular flexibility index (Phi) is 7.35. The summed E-state index contributed by atoms with van der Waals surface area (Å²) >= 11 is 5.49. The normalized spacial score (nSPS) is 12.0. The number of carbonyl (C=O) groups is 2. The Morgan fingerprint density at radius 2 is 1.67 bits per heavy atom. The smallest absolute Gasteiger partial charge is 0.337 e. The first-order valence-electron chi connectivity index (χ1n) is 5.48. The summed E-state index contributed by atoms with van der Waals surface area (Å²) in [6.07, 6.45) is -1.08. The van der Waals surface area contributed by atoms with Crippen LogP contribution in [0.5, 0.6) is 0 Å². The van der Waals surface area contributed by atoms with Gasteiger partial charge in [0, 0.05) is 10.1 Å². The molecule has 1 amide bonds. The van der Waals surface area contributed by atoms with E-state index in [2.05, 4.69) is 5.32 Å². The Morgan fingerprint density at radius 3 is 2.14 bits per heavy atom. The van der Waals surface area contributed by atoms with Crippen LogP contribution in [0.1, 0.15) is 20.7 Å². The molecule has 6 N–H and O–H groups in total. The Morgan fingerprint density at radius 1 is 1.14 bits per heavy atom. The number of anilines is 1. The van der Waals surface area contributed by atoms with Crippen LogP contribution in [0, 0.1) is 10.7 Å². The molecule has 0 saturated heterocycles. The van der Waals surface area contributed by atoms with Crippen LogP contribution in [0.15, 0.2) is 0 Å². The van der Waals surface area contributed by atoms with Gasteiger partial charge in [0.05, 0.1) is 36.7 Å². The van der Waals surface area contributed by atoms with E-state index in [9.17, 15) is 19.8 Å². The molecular formula is C11H11I3N2O5. The Labute approximate surface area is 161 Å². The monoisotopic (exact) mass is 632 g/mol. The van der Waals surface area contributed by atoms with Crippen LogP contribution in [0.4, 0.5) is 5.69 Å². The summed E-state index contributed by atoms with van der Waals surface area (Å²) in [5.41, 5.74) is 6.21. The number of halogens is 3. The highest BCUT2D eigenvalue weighted by atomic mass is 127. The number of nitrogens with one attached hydrogen (secondary N) is 1. The van der Waals surface area contributed by atoms with E-state index in [4.69, 9.17) is 10.8 Å². The highest BCUT2D eigenvalue weighted by Crippen LogP contribution is 2.33. The second kappa shape index (κ2) is 8.07. The molecule has 0 aromatic heterocycles. The van der Waals surface area contributed by atoms with Gasteiger partial charge in [0.1, 0.15) is 0 Å². The largest absolute Gasteiger partial charge is 0.478 e. The second-order valence-corrected chi connectivity index (χ2v) is 7.19. The predicted molar refractivity (Wildman–Crippen MR) is 101 cm³/mol. The van der Waals surface area contributed by atoms with Gasteiger partial charge in [-0.25, -0.2) is 4.79 Å². The van der Waals surface area contributed by atoms with E-state index in [1.165, 1.54) is 0 Å². The van der Waals surface area contributed by atoms with E-state index in [0.717, 1.165) is 0 Å². The van der Waals surface area contributed by atoms with E-state index in [1.54, 1.807) is 22.6 Å². The van der Waals surface area contributed by atoms with E-state index >= 15 is 0 Å². The van der Waals surface area contributed by atoms with Crippen molar-refractivity contribution in [1.82, 2.24) is 5.32 Å². The molecule has 1 aromatic carbocycles. The van der Waals surface area contributed by atoms with Crippen molar-refractivity contribution in [1.29, 1.82) is 0 Å². The number of nitrogens with two attached hydrogens (primary N) is 1. The van der Waals surface area contributed by atoms with Crippen molar-refractivity contribution in [2.45, 2.75) is 6.10 Å². The number of carbonyl (C=O) groups excluding carboxylic acids is 1. The summed E-state index contributed by atoms with van der Waals surface area (Å²) in [4.78, 5) is 23.5. The first-order valence-corrected chi connectivity index (χ1v) is 8.72. The lowest BCUT2D eigenvalue weighted by molar-refractivity contribution is 0.0694. The van der Waals surface area contributed by atoms with Crippen LogP contribution in [0.3, 0.4) is 0 Å². The minimum absolute atomic E-state index is 0.0260. The van der Waals surface area contributed by atoms with Crippen LogP contribution >= 0.6 is 67.8 Å². The number of aromatic carboxylic acids is 1. The number of aliphatic hydroxyl groups is 2. The first kappa shape index (κ1) is 19.1. The first-order chi connectivity index (χ1) is 9.72. The lowest BCUT2D eigenvalue weighted by Crippen LogP contribution is -2.35. The van der Waals surface area contributed by atoms with E-state index in [-0.39, 0.29) is 26.9 Å². The van der Waals surface area contributed by atoms with Gasteiger partial charge in [-0.1, -0.05) is 0 Å². The molecular weight excluding hydrogens is 621 g/mol. The van der Waals surface area contributed by atoms with Gasteiger partial charge < -0.3 is 26.4 Å². The summed E-state index contributed by atoms with van der Waals surface area (Å²) in [5.74, 6) is -1.72. The number of amides is 1. The maximum Gasteiger partial charge on any atom is 0.337 e. The van der Waals surface area contributed by atoms with Gasteiger partial charge in [-0.05, 0) is 67.8 Å². The highest BCUT2D eigenvalue weighted by molar-refractivity contribution is 14.1. The number of aliphatic hydroxyl groups excluding tert-OH is 2. The third-order valence-corrected chi connectivity index (χ3v) is 5.82. The van der Waals surface area contributed by atoms with Gasteiger partial charge in [0.2, 0.25) is 0 Å². The molecule has 1 unspecified atom stereocenters. The molecule has 0 saturated carbocycles. The molecule has 0 aliphatic heterocycles. The van der Waals surface area contributed by atoms with Crippen molar-refractivity contribution in [2.24, 2.45) is 0 Å². The van der Waals surface area contributed by atoms with E-state index in [1.807, 2.05) is 45.2 Å². The third-order valence-electron chi connectivity index (χ3n) is 2.50. The number of nitrogen functional groups attached to an aromatic ring is 1. The number of carboxylic acid groups (broad SMARTS) is 1. The quantitative estimate of drug-likeness (QED) is 0.242. The minimum Gasteiger partial charge on any atom is -0.478 e. The van der Waals surface area contributed by atoms with Crippen molar-refractivity contribution in [2.75, 3.05) is 18.9 Å². The van der Waals surface area contributed by atoms with Crippen molar-refractivity contribution >= 4 is 85.3 Å². The zero-order chi connectivity index (χ0) is 16.3. The molecule has 116 valence electrons. The van der Waals surface area contributed by atoms with Crippen molar-refractivity contribution < 1.29 is 24.9 Å². The average Bonchev–Trinajstić information content (AvgIpc) is 2.42. The molecule has 1 rings (SSSR count). The van der Waals surface area contributed by atoms with Crippen molar-refractivity contribution in [3.05, 3.63) is 21.8 Å². The van der Waals surface area contributed by atoms with E-state index < -0.39 is 24.6 Å². The maximum absolute atomic E-state index is 12.2. The SMILES string of the molecule is Nc1c(I)c(C(=O)O)c(I)c(C(=O)NCC(O)CO)c1I. The van der Waals surface area contributed by atoms with Gasteiger partial charge in [-0.3, -0.25) is 4.79 Å². The average molecular weight is 632 g/mol. The summed E-state index contributed by atoms with van der Waals surface area (Å²) in [6, 6.07) is 0. The maximum atomic E-state index is 12.2. The van der Waals surface area contributed by atoms with Crippen molar-refractivity contribution in [3.63, 3.8) is 0 Å². The van der Waals surface area contributed by atoms with Gasteiger partial charge in [-0.15, -0.1) is 0 Å². The van der Waals surface area contributed by atoms with Gasteiger partial charge in [-0.2, -0.15) is 0 Å². The summed E-state index contributed by atoms with van der Waals surface area (Å²) in [7, 11) is 0. The summed E-state index contributed by atoms with van der Waals surface area (Å²) < 4.78 is 1.10. The lowest BCUT2D eigenvalue weighted by Gasteiger charge is -2.16. The molecule has 1 atom stereocenters. The number of benzene rings is 1. The Bertz CT molecular complexity index is 594. The van der Waals surface area contributed by atoms with E-state index in [0.29, 0.717) is 7.14 Å². The van der Waals surface area contributed by atoms with Gasteiger partial charge in [0.15, 0.2) is 0 Å². The molecule has 21 heavy (non-hydrogen) atoms.